The highest BCUT2D eigenvalue weighted by molar-refractivity contribution is 5.76. The number of anilines is 3. The number of likely N-dealkylation sites (N-methyl/N-ethyl adjacent to an activating group) is 1. The van der Waals surface area contributed by atoms with E-state index in [-0.39, 0.29) is 24.5 Å². The summed E-state index contributed by atoms with van der Waals surface area (Å²) >= 11 is 0. The van der Waals surface area contributed by atoms with Crippen molar-refractivity contribution in [3.05, 3.63) is 48.7 Å². The topological polar surface area (TPSA) is 166 Å². The lowest BCUT2D eigenvalue weighted by atomic mass is 9.86. The number of pyridine rings is 1. The van der Waals surface area contributed by atoms with Crippen LogP contribution in [-0.4, -0.2) is 108 Å². The molecule has 2 saturated heterocycles. The van der Waals surface area contributed by atoms with Gasteiger partial charge >= 0.3 is 0 Å². The van der Waals surface area contributed by atoms with Crippen LogP contribution in [0.3, 0.4) is 0 Å². The van der Waals surface area contributed by atoms with E-state index in [2.05, 4.69) is 63.6 Å². The van der Waals surface area contributed by atoms with Crippen molar-refractivity contribution in [3.63, 3.8) is 0 Å². The Hall–Kier alpha value is -4.97. The van der Waals surface area contributed by atoms with Gasteiger partial charge in [0.25, 0.3) is 6.47 Å². The summed E-state index contributed by atoms with van der Waals surface area (Å²) in [4.78, 5) is 32.1. The molecule has 0 radical (unpaired) electrons. The third-order valence-electron chi connectivity index (χ3n) is 7.86. The molecular formula is C28H36N12O3. The van der Waals surface area contributed by atoms with Gasteiger partial charge in [-0.15, -0.1) is 5.10 Å². The number of carbonyl (C=O) groups excluding carboxylic acids is 1. The number of nitrogens with one attached hydrogen (secondary N) is 1. The zero-order chi connectivity index (χ0) is 30.6. The standard InChI is InChI=1S/C27H34N12O.CH2O2/c1-20(2)21-13-30-39(15-21)27(6-7-28)18-36(19-27)23-5-4-8-38-25(23)32-26(33-38)31-22-14-29-37(16-22)17-24(40)35-11-9-34(3)10-12-35;2-1-3/h4-5,8,13-16,20H,6,9-12,17-19H2,1-3H3,(H,31,33);1H,(H,2,3). The summed E-state index contributed by atoms with van der Waals surface area (Å²) in [6.45, 7) is 8.80. The van der Waals surface area contributed by atoms with Crippen LogP contribution < -0.4 is 10.2 Å². The summed E-state index contributed by atoms with van der Waals surface area (Å²) < 4.78 is 5.35. The predicted molar refractivity (Wildman–Crippen MR) is 158 cm³/mol. The Morgan fingerprint density at radius 2 is 1.93 bits per heavy atom. The normalized spacial score (nSPS) is 16.3. The van der Waals surface area contributed by atoms with Crippen LogP contribution >= 0.6 is 0 Å². The van der Waals surface area contributed by atoms with E-state index in [0.717, 1.165) is 43.1 Å². The van der Waals surface area contributed by atoms with Gasteiger partial charge in [0.2, 0.25) is 11.9 Å². The molecule has 4 aromatic heterocycles. The second-order valence-corrected chi connectivity index (χ2v) is 11.2. The van der Waals surface area contributed by atoms with E-state index in [1.165, 1.54) is 0 Å². The van der Waals surface area contributed by atoms with E-state index in [1.54, 1.807) is 21.6 Å². The maximum absolute atomic E-state index is 12.7. The van der Waals surface area contributed by atoms with Crippen LogP contribution in [0.2, 0.25) is 0 Å². The van der Waals surface area contributed by atoms with Crippen molar-refractivity contribution in [1.29, 1.82) is 5.26 Å². The number of nitriles is 1. The van der Waals surface area contributed by atoms with E-state index >= 15 is 0 Å². The molecular weight excluding hydrogens is 552 g/mol. The van der Waals surface area contributed by atoms with Crippen molar-refractivity contribution >= 4 is 35.3 Å². The summed E-state index contributed by atoms with van der Waals surface area (Å²) in [5, 5.41) is 33.2. The Balaban J connectivity index is 0.00000118. The van der Waals surface area contributed by atoms with Crippen molar-refractivity contribution in [2.45, 2.75) is 38.3 Å². The lowest BCUT2D eigenvalue weighted by Gasteiger charge is -2.50. The summed E-state index contributed by atoms with van der Waals surface area (Å²) in [7, 11) is 2.07. The van der Waals surface area contributed by atoms with Gasteiger partial charge in [-0.1, -0.05) is 13.8 Å². The van der Waals surface area contributed by atoms with Crippen LogP contribution in [0.15, 0.2) is 43.1 Å². The number of carbonyl (C=O) groups is 2. The molecule has 0 bridgehead atoms. The first-order valence-corrected chi connectivity index (χ1v) is 14.1. The maximum Gasteiger partial charge on any atom is 0.290 e. The molecule has 15 heteroatoms. The zero-order valence-corrected chi connectivity index (χ0v) is 24.5. The fraction of sp³-hybridized carbons (Fsp3) is 0.464. The third-order valence-corrected chi connectivity index (χ3v) is 7.86. The highest BCUT2D eigenvalue weighted by Crippen LogP contribution is 2.37. The third kappa shape index (κ3) is 6.28. The lowest BCUT2D eigenvalue weighted by Crippen LogP contribution is -2.63. The van der Waals surface area contributed by atoms with E-state index in [4.69, 9.17) is 14.9 Å². The molecule has 2 aliphatic heterocycles. The minimum atomic E-state index is -0.369. The number of aromatic nitrogens is 7. The second kappa shape index (κ2) is 12.5. The highest BCUT2D eigenvalue weighted by atomic mass is 16.3. The average molecular weight is 589 g/mol. The first kappa shape index (κ1) is 29.5. The van der Waals surface area contributed by atoms with Crippen LogP contribution in [0, 0.1) is 11.3 Å². The molecule has 2 N–H and O–H groups in total. The summed E-state index contributed by atoms with van der Waals surface area (Å²) in [5.41, 5.74) is 3.17. The maximum atomic E-state index is 12.7. The largest absolute Gasteiger partial charge is 0.483 e. The quantitative estimate of drug-likeness (QED) is 0.287. The van der Waals surface area contributed by atoms with Crippen molar-refractivity contribution in [1.82, 2.24) is 44.0 Å². The van der Waals surface area contributed by atoms with Crippen molar-refractivity contribution in [3.8, 4) is 6.07 Å². The first-order valence-electron chi connectivity index (χ1n) is 14.1. The molecule has 0 atom stereocenters. The predicted octanol–water partition coefficient (Wildman–Crippen LogP) is 1.59. The summed E-state index contributed by atoms with van der Waals surface area (Å²) in [6.07, 6.45) is 9.67. The Bertz CT molecular complexity index is 1600. The Morgan fingerprint density at radius 1 is 1.19 bits per heavy atom. The SMILES string of the molecule is CC(C)c1cnn(C2(CC#N)CN(c3cccn4nc(Nc5cnn(CC(=O)N6CCN(C)CC6)c5)nc34)C2)c1.O=CO. The van der Waals surface area contributed by atoms with E-state index in [1.807, 2.05) is 34.1 Å². The Labute approximate surface area is 248 Å². The number of rotatable bonds is 8. The van der Waals surface area contributed by atoms with Crippen molar-refractivity contribution in [2.75, 3.05) is 56.5 Å². The fourth-order valence-corrected chi connectivity index (χ4v) is 5.34. The molecule has 0 aromatic carbocycles. The highest BCUT2D eigenvalue weighted by Gasteiger charge is 2.46. The molecule has 6 rings (SSSR count). The molecule has 0 spiro atoms. The summed E-state index contributed by atoms with van der Waals surface area (Å²) in [5.74, 6) is 0.884. The number of piperazine rings is 1. The number of amides is 1. The lowest BCUT2D eigenvalue weighted by molar-refractivity contribution is -0.133. The molecule has 43 heavy (non-hydrogen) atoms. The Morgan fingerprint density at radius 3 is 2.60 bits per heavy atom. The van der Waals surface area contributed by atoms with Crippen LogP contribution in [-0.2, 0) is 21.7 Å². The van der Waals surface area contributed by atoms with Gasteiger partial charge in [0.15, 0.2) is 5.65 Å². The first-order chi connectivity index (χ1) is 20.7. The van der Waals surface area contributed by atoms with Gasteiger partial charge in [-0.25, -0.2) is 4.52 Å². The van der Waals surface area contributed by atoms with Gasteiger partial charge in [-0.05, 0) is 30.7 Å². The van der Waals surface area contributed by atoms with Gasteiger partial charge in [0, 0.05) is 57.9 Å². The van der Waals surface area contributed by atoms with E-state index < -0.39 is 0 Å². The summed E-state index contributed by atoms with van der Waals surface area (Å²) in [6, 6.07) is 6.32. The fourth-order valence-electron chi connectivity index (χ4n) is 5.34. The molecule has 6 heterocycles. The van der Waals surface area contributed by atoms with E-state index in [0.29, 0.717) is 37.1 Å². The van der Waals surface area contributed by atoms with Crippen LogP contribution in [0.1, 0.15) is 31.7 Å². The van der Waals surface area contributed by atoms with Crippen LogP contribution in [0.4, 0.5) is 17.3 Å². The molecule has 0 saturated carbocycles. The molecule has 2 fully saturated rings. The minimum absolute atomic E-state index is 0.0656. The number of fused-ring (bicyclic) bond motifs is 1. The number of hydrogen-bond donors (Lipinski definition) is 2. The van der Waals surface area contributed by atoms with Gasteiger partial charge in [0.1, 0.15) is 12.1 Å². The second-order valence-electron chi connectivity index (χ2n) is 11.2. The molecule has 0 aliphatic carbocycles. The molecule has 2 aliphatic rings. The average Bonchev–Trinajstić information content (AvgIpc) is 3.71. The smallest absolute Gasteiger partial charge is 0.290 e. The van der Waals surface area contributed by atoms with Crippen molar-refractivity contribution < 1.29 is 14.7 Å². The van der Waals surface area contributed by atoms with Crippen LogP contribution in [0.5, 0.6) is 0 Å². The number of carboxylic acid groups (broad SMARTS) is 1. The molecule has 226 valence electrons. The monoisotopic (exact) mass is 588 g/mol. The number of nitrogens with zero attached hydrogens (tertiary/aromatic N) is 11. The molecule has 15 nitrogen and oxygen atoms in total. The van der Waals surface area contributed by atoms with Gasteiger partial charge in [0.05, 0.1) is 36.3 Å². The molecule has 0 unspecified atom stereocenters. The molecule has 4 aromatic rings. The number of hydrogen-bond acceptors (Lipinski definition) is 10. The Kier molecular flexibility index (Phi) is 8.58. The van der Waals surface area contributed by atoms with E-state index in [9.17, 15) is 10.1 Å². The van der Waals surface area contributed by atoms with Crippen molar-refractivity contribution in [2.24, 2.45) is 0 Å². The minimum Gasteiger partial charge on any atom is -0.483 e. The van der Waals surface area contributed by atoms with Gasteiger partial charge in [-0.2, -0.15) is 20.4 Å². The van der Waals surface area contributed by atoms with Gasteiger partial charge < -0.3 is 25.1 Å². The van der Waals surface area contributed by atoms with Gasteiger partial charge in [-0.3, -0.25) is 19.0 Å². The molecule has 1 amide bonds. The zero-order valence-electron chi connectivity index (χ0n) is 24.5. The van der Waals surface area contributed by atoms with Crippen LogP contribution in [0.25, 0.3) is 5.65 Å².